The molecule has 0 saturated carbocycles. The van der Waals surface area contributed by atoms with Crippen molar-refractivity contribution in [3.63, 3.8) is 0 Å². The molecular formula is C25H36N8O4S. The van der Waals surface area contributed by atoms with E-state index in [1.165, 1.54) is 0 Å². The molecule has 0 radical (unpaired) electrons. The summed E-state index contributed by atoms with van der Waals surface area (Å²) in [5.41, 5.74) is 1.54. The van der Waals surface area contributed by atoms with Gasteiger partial charge in [0, 0.05) is 56.7 Å². The summed E-state index contributed by atoms with van der Waals surface area (Å²) in [4.78, 5) is 20.4. The standard InChI is InChI=1S/C25H36N8O4S/c26-22-30-25(31-24-7-11-27-12-8-24)29-10-3-1-2-4-19-38(34,35)33(21-23-6-5-9-28-20-23)37-18-15-32-13-16-36-17-14-32/h5-9,11-12,20H,1-4,10,13-19,21H2,(H2,27,29,30,31). The van der Waals surface area contributed by atoms with Gasteiger partial charge in [0.1, 0.15) is 0 Å². The van der Waals surface area contributed by atoms with E-state index in [2.05, 4.69) is 30.5 Å². The number of hydrogen-bond donors (Lipinski definition) is 2. The molecule has 0 aromatic carbocycles. The largest absolute Gasteiger partial charge is 0.379 e. The minimum absolute atomic E-state index is 0.00107. The van der Waals surface area contributed by atoms with Gasteiger partial charge >= 0.3 is 0 Å². The Bertz CT molecular complexity index is 1110. The number of rotatable bonds is 15. The number of pyridine rings is 2. The summed E-state index contributed by atoms with van der Waals surface area (Å²) in [6.45, 7) is 4.54. The molecule has 0 bridgehead atoms. The molecule has 38 heavy (non-hydrogen) atoms. The predicted molar refractivity (Wildman–Crippen MR) is 144 cm³/mol. The lowest BCUT2D eigenvalue weighted by Gasteiger charge is -2.28. The van der Waals surface area contributed by atoms with Crippen molar-refractivity contribution < 1.29 is 18.0 Å². The monoisotopic (exact) mass is 544 g/mol. The highest BCUT2D eigenvalue weighted by Gasteiger charge is 2.24. The molecule has 0 spiro atoms. The molecule has 0 unspecified atom stereocenters. The Hall–Kier alpha value is -3.15. The zero-order chi connectivity index (χ0) is 26.9. The van der Waals surface area contributed by atoms with Gasteiger partial charge in [0.2, 0.25) is 16.0 Å². The lowest BCUT2D eigenvalue weighted by molar-refractivity contribution is -0.101. The van der Waals surface area contributed by atoms with Crippen LogP contribution in [-0.4, -0.2) is 85.5 Å². The average molecular weight is 545 g/mol. The molecule has 0 aliphatic carbocycles. The number of nitrogens with zero attached hydrogens (tertiary/aromatic N) is 6. The van der Waals surface area contributed by atoms with Gasteiger partial charge in [-0.25, -0.2) is 8.42 Å². The number of unbranched alkanes of at least 4 members (excludes halogenated alkanes) is 3. The van der Waals surface area contributed by atoms with Crippen LogP contribution >= 0.6 is 0 Å². The van der Waals surface area contributed by atoms with Crippen molar-refractivity contribution in [2.45, 2.75) is 32.2 Å². The maximum absolute atomic E-state index is 13.1. The molecule has 12 nitrogen and oxygen atoms in total. The fourth-order valence-electron chi connectivity index (χ4n) is 3.74. The fourth-order valence-corrected chi connectivity index (χ4v) is 5.09. The maximum Gasteiger partial charge on any atom is 0.236 e. The lowest BCUT2D eigenvalue weighted by atomic mass is 10.2. The van der Waals surface area contributed by atoms with Crippen molar-refractivity contribution in [3.8, 4) is 6.19 Å². The van der Waals surface area contributed by atoms with Gasteiger partial charge in [-0.3, -0.25) is 30.0 Å². The van der Waals surface area contributed by atoms with E-state index in [1.807, 2.05) is 12.3 Å². The zero-order valence-electron chi connectivity index (χ0n) is 21.5. The van der Waals surface area contributed by atoms with E-state index in [-0.39, 0.29) is 18.9 Å². The molecule has 1 fully saturated rings. The Morgan fingerprint density at radius 1 is 1.13 bits per heavy atom. The Labute approximate surface area is 224 Å². The molecule has 1 aliphatic rings. The third-order valence-electron chi connectivity index (χ3n) is 5.79. The second-order valence-corrected chi connectivity index (χ2v) is 10.6. The Morgan fingerprint density at radius 3 is 2.66 bits per heavy atom. The van der Waals surface area contributed by atoms with Gasteiger partial charge in [-0.05, 0) is 36.6 Å². The first-order chi connectivity index (χ1) is 18.6. The average Bonchev–Trinajstić information content (AvgIpc) is 2.94. The number of aliphatic imine (C=N–C) groups is 1. The molecule has 3 rings (SSSR count). The van der Waals surface area contributed by atoms with Crippen molar-refractivity contribution in [2.24, 2.45) is 4.99 Å². The van der Waals surface area contributed by atoms with Crippen LogP contribution in [-0.2, 0) is 26.1 Å². The van der Waals surface area contributed by atoms with E-state index in [1.54, 1.807) is 43.0 Å². The minimum atomic E-state index is -3.62. The molecule has 0 atom stereocenters. The molecule has 3 heterocycles. The summed E-state index contributed by atoms with van der Waals surface area (Å²) < 4.78 is 32.7. The van der Waals surface area contributed by atoms with Crippen molar-refractivity contribution in [2.75, 3.05) is 57.1 Å². The number of hydrogen-bond acceptors (Lipinski definition) is 9. The highest BCUT2D eigenvalue weighted by atomic mass is 32.2. The number of morpholine rings is 1. The molecule has 206 valence electrons. The smallest absolute Gasteiger partial charge is 0.236 e. The van der Waals surface area contributed by atoms with Crippen LogP contribution in [0.5, 0.6) is 0 Å². The van der Waals surface area contributed by atoms with Crippen LogP contribution in [0.15, 0.2) is 54.0 Å². The van der Waals surface area contributed by atoms with Crippen molar-refractivity contribution in [3.05, 3.63) is 54.6 Å². The van der Waals surface area contributed by atoms with Gasteiger partial charge in [0.15, 0.2) is 6.19 Å². The molecule has 2 aromatic rings. The molecule has 0 amide bonds. The van der Waals surface area contributed by atoms with Crippen LogP contribution in [0.4, 0.5) is 5.69 Å². The van der Waals surface area contributed by atoms with Crippen molar-refractivity contribution in [1.82, 2.24) is 24.7 Å². The molecule has 2 N–H and O–H groups in total. The molecular weight excluding hydrogens is 508 g/mol. The number of anilines is 1. The Balaban J connectivity index is 1.42. The van der Waals surface area contributed by atoms with Crippen LogP contribution in [0.25, 0.3) is 0 Å². The number of aromatic nitrogens is 2. The quantitative estimate of drug-likeness (QED) is 0.0852. The fraction of sp³-hybridized carbons (Fsp3) is 0.520. The van der Waals surface area contributed by atoms with Crippen molar-refractivity contribution in [1.29, 1.82) is 5.26 Å². The number of hydroxylamine groups is 1. The summed E-state index contributed by atoms with van der Waals surface area (Å²) in [5.74, 6) is 0.361. The molecule has 13 heteroatoms. The molecule has 1 aliphatic heterocycles. The number of nitrogens with one attached hydrogen (secondary N) is 2. The van der Waals surface area contributed by atoms with Gasteiger partial charge in [-0.15, -0.1) is 0 Å². The van der Waals surface area contributed by atoms with Gasteiger partial charge in [-0.1, -0.05) is 23.4 Å². The van der Waals surface area contributed by atoms with E-state index < -0.39 is 10.0 Å². The first-order valence-corrected chi connectivity index (χ1v) is 14.4. The van der Waals surface area contributed by atoms with E-state index in [0.29, 0.717) is 38.7 Å². The van der Waals surface area contributed by atoms with Crippen LogP contribution in [0.1, 0.15) is 31.2 Å². The summed E-state index contributed by atoms with van der Waals surface area (Å²) in [6.07, 6.45) is 11.3. The Kier molecular flexibility index (Phi) is 12.9. The molecule has 1 saturated heterocycles. The highest BCUT2D eigenvalue weighted by Crippen LogP contribution is 2.13. The van der Waals surface area contributed by atoms with Gasteiger partial charge in [-0.2, -0.15) is 5.26 Å². The van der Waals surface area contributed by atoms with Gasteiger partial charge in [0.05, 0.1) is 32.1 Å². The normalized spacial score (nSPS) is 14.8. The first kappa shape index (κ1) is 29.4. The minimum Gasteiger partial charge on any atom is -0.379 e. The predicted octanol–water partition coefficient (Wildman–Crippen LogP) is 1.97. The molecule has 2 aromatic heterocycles. The van der Waals surface area contributed by atoms with Gasteiger partial charge in [0.25, 0.3) is 0 Å². The van der Waals surface area contributed by atoms with Crippen molar-refractivity contribution >= 4 is 21.7 Å². The summed E-state index contributed by atoms with van der Waals surface area (Å²) >= 11 is 0. The second kappa shape index (κ2) is 16.6. The number of ether oxygens (including phenoxy) is 1. The Morgan fingerprint density at radius 2 is 1.92 bits per heavy atom. The summed E-state index contributed by atoms with van der Waals surface area (Å²) in [7, 11) is -3.62. The van der Waals surface area contributed by atoms with E-state index >= 15 is 0 Å². The lowest BCUT2D eigenvalue weighted by Crippen LogP contribution is -2.40. The van der Waals surface area contributed by atoms with Gasteiger partial charge < -0.3 is 10.1 Å². The number of guanidine groups is 1. The third-order valence-corrected chi connectivity index (χ3v) is 7.45. The number of nitriles is 1. The van der Waals surface area contributed by atoms with Crippen LogP contribution in [0, 0.1) is 11.5 Å². The highest BCUT2D eigenvalue weighted by molar-refractivity contribution is 7.88. The van der Waals surface area contributed by atoms with Crippen LogP contribution in [0.3, 0.4) is 0 Å². The summed E-state index contributed by atoms with van der Waals surface area (Å²) in [6, 6.07) is 7.17. The van der Waals surface area contributed by atoms with Crippen LogP contribution < -0.4 is 10.6 Å². The third kappa shape index (κ3) is 11.1. The first-order valence-electron chi connectivity index (χ1n) is 12.8. The zero-order valence-corrected chi connectivity index (χ0v) is 22.4. The van der Waals surface area contributed by atoms with Crippen LogP contribution in [0.2, 0.25) is 0 Å². The summed E-state index contributed by atoms with van der Waals surface area (Å²) in [5, 5.41) is 14.5. The maximum atomic E-state index is 13.1. The van der Waals surface area contributed by atoms with E-state index in [9.17, 15) is 8.42 Å². The van der Waals surface area contributed by atoms with E-state index in [4.69, 9.17) is 14.8 Å². The SMILES string of the molecule is N#CNC(=NCCCCCCS(=O)(=O)N(Cc1cccnc1)OCCN1CCOCC1)Nc1ccncc1. The van der Waals surface area contributed by atoms with E-state index in [0.717, 1.165) is 48.1 Å². The topological polar surface area (TPSA) is 145 Å². The number of sulfonamides is 1. The second-order valence-electron chi connectivity index (χ2n) is 8.67.